The van der Waals surface area contributed by atoms with Crippen LogP contribution in [0.25, 0.3) is 11.2 Å². The van der Waals surface area contributed by atoms with Gasteiger partial charge in [0.1, 0.15) is 6.23 Å². The molecule has 0 aliphatic carbocycles. The standard InChI is InChI=1S/C13H18ClN5O2/c1-20-7-5-15-11-10-12(18-13(14)17-11)19(8-16-10)9-4-2-3-6-21-9/h8-9H,2-7H2,1H3,(H,15,17,18). The Labute approximate surface area is 127 Å². The fourth-order valence-corrected chi connectivity index (χ4v) is 2.60. The van der Waals surface area contributed by atoms with Crippen LogP contribution in [0.4, 0.5) is 5.82 Å². The minimum atomic E-state index is -0.0264. The number of methoxy groups -OCH3 is 1. The minimum absolute atomic E-state index is 0.0264. The molecule has 1 saturated heterocycles. The van der Waals surface area contributed by atoms with Gasteiger partial charge in [-0.2, -0.15) is 9.97 Å². The average Bonchev–Trinajstić information content (AvgIpc) is 2.92. The van der Waals surface area contributed by atoms with E-state index in [0.29, 0.717) is 30.1 Å². The van der Waals surface area contributed by atoms with Crippen LogP contribution in [0.15, 0.2) is 6.33 Å². The third kappa shape index (κ3) is 3.09. The van der Waals surface area contributed by atoms with Crippen molar-refractivity contribution in [2.24, 2.45) is 0 Å². The van der Waals surface area contributed by atoms with Crippen LogP contribution in [-0.4, -0.2) is 46.4 Å². The van der Waals surface area contributed by atoms with Gasteiger partial charge in [-0.05, 0) is 30.9 Å². The number of fused-ring (bicyclic) bond motifs is 1. The Kier molecular flexibility index (Phi) is 4.52. The first-order chi connectivity index (χ1) is 10.3. The van der Waals surface area contributed by atoms with E-state index in [1.807, 2.05) is 4.57 Å². The second-order valence-corrected chi connectivity index (χ2v) is 5.24. The Bertz CT molecular complexity index is 612. The smallest absolute Gasteiger partial charge is 0.226 e. The molecule has 1 aliphatic heterocycles. The van der Waals surface area contributed by atoms with E-state index in [1.165, 1.54) is 0 Å². The van der Waals surface area contributed by atoms with Crippen LogP contribution in [0.5, 0.6) is 0 Å². The van der Waals surface area contributed by atoms with Crippen molar-refractivity contribution in [2.45, 2.75) is 25.5 Å². The molecule has 1 N–H and O–H groups in total. The zero-order valence-electron chi connectivity index (χ0n) is 11.9. The van der Waals surface area contributed by atoms with E-state index in [9.17, 15) is 0 Å². The average molecular weight is 312 g/mol. The molecule has 1 unspecified atom stereocenters. The lowest BCUT2D eigenvalue weighted by molar-refractivity contribution is -0.0298. The summed E-state index contributed by atoms with van der Waals surface area (Å²) in [4.78, 5) is 12.9. The second-order valence-electron chi connectivity index (χ2n) is 4.91. The van der Waals surface area contributed by atoms with Gasteiger partial charge in [0, 0.05) is 20.3 Å². The predicted octanol–water partition coefficient (Wildman–Crippen LogP) is 2.24. The van der Waals surface area contributed by atoms with Crippen molar-refractivity contribution < 1.29 is 9.47 Å². The summed E-state index contributed by atoms with van der Waals surface area (Å²) in [6.07, 6.45) is 4.92. The number of nitrogens with zero attached hydrogens (tertiary/aromatic N) is 4. The van der Waals surface area contributed by atoms with Crippen LogP contribution in [0.2, 0.25) is 5.28 Å². The molecule has 0 bridgehead atoms. The second kappa shape index (κ2) is 6.55. The number of hydrogen-bond donors (Lipinski definition) is 1. The molecular weight excluding hydrogens is 294 g/mol. The maximum Gasteiger partial charge on any atom is 0.226 e. The quantitative estimate of drug-likeness (QED) is 0.674. The van der Waals surface area contributed by atoms with Gasteiger partial charge in [-0.25, -0.2) is 4.98 Å². The third-order valence-electron chi connectivity index (χ3n) is 3.46. The van der Waals surface area contributed by atoms with Crippen LogP contribution >= 0.6 is 11.6 Å². The highest BCUT2D eigenvalue weighted by Gasteiger charge is 2.20. The van der Waals surface area contributed by atoms with Crippen LogP contribution in [-0.2, 0) is 9.47 Å². The molecule has 0 radical (unpaired) electrons. The van der Waals surface area contributed by atoms with E-state index in [0.717, 1.165) is 25.9 Å². The number of nitrogens with one attached hydrogen (secondary N) is 1. The summed E-state index contributed by atoms with van der Waals surface area (Å²) in [5.41, 5.74) is 1.39. The first kappa shape index (κ1) is 14.5. The Balaban J connectivity index is 1.93. The lowest BCUT2D eigenvalue weighted by Gasteiger charge is -2.23. The number of imidazole rings is 1. The summed E-state index contributed by atoms with van der Waals surface area (Å²) in [7, 11) is 1.65. The molecule has 0 aromatic carbocycles. The molecule has 7 nitrogen and oxygen atoms in total. The Hall–Kier alpha value is -1.44. The molecule has 114 valence electrons. The fourth-order valence-electron chi connectivity index (χ4n) is 2.44. The van der Waals surface area contributed by atoms with E-state index in [1.54, 1.807) is 13.4 Å². The lowest BCUT2D eigenvalue weighted by atomic mass is 10.2. The van der Waals surface area contributed by atoms with E-state index >= 15 is 0 Å². The summed E-state index contributed by atoms with van der Waals surface area (Å²) >= 11 is 6.03. The summed E-state index contributed by atoms with van der Waals surface area (Å²) in [5, 5.41) is 3.36. The summed E-state index contributed by atoms with van der Waals surface area (Å²) in [6, 6.07) is 0. The molecule has 3 heterocycles. The SMILES string of the molecule is COCCNc1nc(Cl)nc2c1ncn2C1CCCCO1. The van der Waals surface area contributed by atoms with E-state index in [2.05, 4.69) is 20.3 Å². The van der Waals surface area contributed by atoms with Gasteiger partial charge < -0.3 is 14.8 Å². The van der Waals surface area contributed by atoms with Gasteiger partial charge in [0.25, 0.3) is 0 Å². The third-order valence-corrected chi connectivity index (χ3v) is 3.63. The Morgan fingerprint density at radius 1 is 1.48 bits per heavy atom. The summed E-state index contributed by atoms with van der Waals surface area (Å²) in [5.74, 6) is 0.622. The number of hydrogen-bond acceptors (Lipinski definition) is 6. The largest absolute Gasteiger partial charge is 0.383 e. The van der Waals surface area contributed by atoms with Crippen molar-refractivity contribution in [1.82, 2.24) is 19.5 Å². The molecule has 0 spiro atoms. The number of anilines is 1. The molecule has 1 aliphatic rings. The predicted molar refractivity (Wildman–Crippen MR) is 79.5 cm³/mol. The van der Waals surface area contributed by atoms with Gasteiger partial charge in [0.05, 0.1) is 12.9 Å². The van der Waals surface area contributed by atoms with Crippen molar-refractivity contribution in [2.75, 3.05) is 32.2 Å². The van der Waals surface area contributed by atoms with Crippen molar-refractivity contribution in [3.63, 3.8) is 0 Å². The van der Waals surface area contributed by atoms with E-state index in [4.69, 9.17) is 21.1 Å². The highest BCUT2D eigenvalue weighted by molar-refractivity contribution is 6.28. The van der Waals surface area contributed by atoms with Crippen LogP contribution < -0.4 is 5.32 Å². The van der Waals surface area contributed by atoms with E-state index < -0.39 is 0 Å². The summed E-state index contributed by atoms with van der Waals surface area (Å²) in [6.45, 7) is 1.98. The van der Waals surface area contributed by atoms with Crippen molar-refractivity contribution in [1.29, 1.82) is 0 Å². The first-order valence-electron chi connectivity index (χ1n) is 7.04. The number of ether oxygens (including phenoxy) is 2. The topological polar surface area (TPSA) is 74.1 Å². The number of aromatic nitrogens is 4. The highest BCUT2D eigenvalue weighted by Crippen LogP contribution is 2.28. The van der Waals surface area contributed by atoms with Crippen molar-refractivity contribution >= 4 is 28.6 Å². The molecule has 0 saturated carbocycles. The molecule has 3 rings (SSSR count). The molecule has 2 aromatic heterocycles. The number of halogens is 1. The number of rotatable bonds is 5. The Morgan fingerprint density at radius 2 is 2.38 bits per heavy atom. The monoisotopic (exact) mass is 311 g/mol. The van der Waals surface area contributed by atoms with Gasteiger partial charge in [-0.1, -0.05) is 0 Å². The fraction of sp³-hybridized carbons (Fsp3) is 0.615. The molecule has 1 fully saturated rings. The van der Waals surface area contributed by atoms with Gasteiger partial charge in [-0.15, -0.1) is 0 Å². The van der Waals surface area contributed by atoms with Gasteiger partial charge in [0.2, 0.25) is 5.28 Å². The van der Waals surface area contributed by atoms with Crippen LogP contribution in [0.3, 0.4) is 0 Å². The molecule has 8 heteroatoms. The van der Waals surface area contributed by atoms with Crippen LogP contribution in [0, 0.1) is 0 Å². The van der Waals surface area contributed by atoms with Gasteiger partial charge >= 0.3 is 0 Å². The molecule has 0 amide bonds. The zero-order valence-corrected chi connectivity index (χ0v) is 12.6. The lowest BCUT2D eigenvalue weighted by Crippen LogP contribution is -2.18. The van der Waals surface area contributed by atoms with E-state index in [-0.39, 0.29) is 11.5 Å². The highest BCUT2D eigenvalue weighted by atomic mass is 35.5. The zero-order chi connectivity index (χ0) is 14.7. The maximum absolute atomic E-state index is 6.03. The Morgan fingerprint density at radius 3 is 3.14 bits per heavy atom. The normalized spacial score (nSPS) is 19.0. The van der Waals surface area contributed by atoms with Crippen molar-refractivity contribution in [3.05, 3.63) is 11.6 Å². The molecular formula is C13H18ClN5O2. The minimum Gasteiger partial charge on any atom is -0.383 e. The van der Waals surface area contributed by atoms with Gasteiger partial charge in [0.15, 0.2) is 17.0 Å². The van der Waals surface area contributed by atoms with Gasteiger partial charge in [-0.3, -0.25) is 4.57 Å². The van der Waals surface area contributed by atoms with Crippen LogP contribution in [0.1, 0.15) is 25.5 Å². The summed E-state index contributed by atoms with van der Waals surface area (Å²) < 4.78 is 12.7. The molecule has 21 heavy (non-hydrogen) atoms. The molecule has 2 aromatic rings. The first-order valence-corrected chi connectivity index (χ1v) is 7.42. The van der Waals surface area contributed by atoms with Crippen molar-refractivity contribution in [3.8, 4) is 0 Å². The maximum atomic E-state index is 6.03. The molecule has 1 atom stereocenters.